The summed E-state index contributed by atoms with van der Waals surface area (Å²) in [4.78, 5) is 21.3. The number of nitrogens with zero attached hydrogens (tertiary/aromatic N) is 5. The number of hydrogen-bond acceptors (Lipinski definition) is 6. The summed E-state index contributed by atoms with van der Waals surface area (Å²) in [5.74, 6) is 0.513. The Labute approximate surface area is 130 Å². The highest BCUT2D eigenvalue weighted by atomic mass is 16.5. The summed E-state index contributed by atoms with van der Waals surface area (Å²) in [6.07, 6.45) is 1.61. The first-order valence-electron chi connectivity index (χ1n) is 7.37. The van der Waals surface area contributed by atoms with Gasteiger partial charge in [0.05, 0.1) is 19.0 Å². The van der Waals surface area contributed by atoms with Crippen molar-refractivity contribution in [3.63, 3.8) is 0 Å². The van der Waals surface area contributed by atoms with E-state index < -0.39 is 18.4 Å². The van der Waals surface area contributed by atoms with Gasteiger partial charge in [0, 0.05) is 25.4 Å². The number of aryl methyl sites for hydroxylation is 2. The third kappa shape index (κ3) is 1.94. The lowest BCUT2D eigenvalue weighted by Crippen LogP contribution is -2.24. The predicted molar refractivity (Wildman–Crippen MR) is 80.1 cm³/mol. The molecule has 4 rings (SSSR count). The van der Waals surface area contributed by atoms with E-state index in [9.17, 15) is 15.0 Å². The Morgan fingerprint density at radius 3 is 2.96 bits per heavy atom. The zero-order valence-corrected chi connectivity index (χ0v) is 12.7. The van der Waals surface area contributed by atoms with Crippen LogP contribution in [0.3, 0.4) is 0 Å². The molecule has 0 radical (unpaired) electrons. The minimum Gasteiger partial charge on any atom is -0.394 e. The van der Waals surface area contributed by atoms with E-state index in [1.165, 1.54) is 10.7 Å². The molecule has 0 aliphatic carbocycles. The van der Waals surface area contributed by atoms with Gasteiger partial charge in [-0.25, -0.2) is 9.38 Å². The molecule has 3 aromatic rings. The second kappa shape index (κ2) is 4.88. The van der Waals surface area contributed by atoms with Gasteiger partial charge in [-0.05, 0) is 6.92 Å². The van der Waals surface area contributed by atoms with Crippen molar-refractivity contribution in [3.8, 4) is 0 Å². The predicted octanol–water partition coefficient (Wildman–Crippen LogP) is -0.668. The largest absolute Gasteiger partial charge is 0.394 e. The smallest absolute Gasteiger partial charge is 0.287 e. The van der Waals surface area contributed by atoms with Gasteiger partial charge in [-0.2, -0.15) is 4.98 Å². The highest BCUT2D eigenvalue weighted by Crippen LogP contribution is 2.30. The molecule has 9 nitrogen and oxygen atoms in total. The SMILES string of the molecule is Cc1cn2c(=O)c3ncn([C@H]4C[C@H](O)[C@@H](CO)O4)c3nc2n1C. The summed E-state index contributed by atoms with van der Waals surface area (Å²) in [5, 5.41) is 19.1. The standard InChI is InChI=1S/C14H17N5O4/c1-7-4-18-13(22)11-12(16-14(18)17(7)2)19(6-15-11)10-3-8(21)9(5-20)23-10/h4,6,8-10,20-21H,3,5H2,1-2H3/t8-,9+,10+/m0/s1. The number of imidazole rings is 2. The zero-order valence-electron chi connectivity index (χ0n) is 12.7. The number of ether oxygens (including phenoxy) is 1. The van der Waals surface area contributed by atoms with Gasteiger partial charge in [-0.3, -0.25) is 9.36 Å². The molecule has 0 saturated carbocycles. The first-order valence-corrected chi connectivity index (χ1v) is 7.37. The van der Waals surface area contributed by atoms with E-state index in [-0.39, 0.29) is 17.7 Å². The average Bonchev–Trinajstić information content (AvgIpc) is 3.18. The molecule has 23 heavy (non-hydrogen) atoms. The molecule has 3 atom stereocenters. The van der Waals surface area contributed by atoms with Crippen molar-refractivity contribution in [3.05, 3.63) is 28.6 Å². The van der Waals surface area contributed by atoms with Gasteiger partial charge >= 0.3 is 0 Å². The van der Waals surface area contributed by atoms with Crippen LogP contribution in [0.2, 0.25) is 0 Å². The third-order valence-electron chi connectivity index (χ3n) is 4.45. The first-order chi connectivity index (χ1) is 11.0. The number of fused-ring (bicyclic) bond motifs is 2. The summed E-state index contributed by atoms with van der Waals surface area (Å²) >= 11 is 0. The maximum absolute atomic E-state index is 12.6. The van der Waals surface area contributed by atoms with Crippen LogP contribution in [0.5, 0.6) is 0 Å². The normalized spacial score (nSPS) is 25.0. The van der Waals surface area contributed by atoms with E-state index in [0.29, 0.717) is 17.8 Å². The molecule has 0 bridgehead atoms. The van der Waals surface area contributed by atoms with Gasteiger partial charge in [0.1, 0.15) is 12.3 Å². The van der Waals surface area contributed by atoms with Crippen LogP contribution in [0.15, 0.2) is 17.3 Å². The van der Waals surface area contributed by atoms with Crippen LogP contribution in [0, 0.1) is 6.92 Å². The molecule has 0 amide bonds. The van der Waals surface area contributed by atoms with Gasteiger partial charge in [-0.15, -0.1) is 0 Å². The van der Waals surface area contributed by atoms with Gasteiger partial charge in [-0.1, -0.05) is 0 Å². The van der Waals surface area contributed by atoms with Crippen molar-refractivity contribution in [2.75, 3.05) is 6.61 Å². The summed E-state index contributed by atoms with van der Waals surface area (Å²) in [7, 11) is 1.83. The number of aliphatic hydroxyl groups is 2. The van der Waals surface area contributed by atoms with Gasteiger partial charge < -0.3 is 19.5 Å². The molecule has 1 saturated heterocycles. The van der Waals surface area contributed by atoms with Crippen molar-refractivity contribution >= 4 is 16.9 Å². The summed E-state index contributed by atoms with van der Waals surface area (Å²) in [6.45, 7) is 1.63. The maximum atomic E-state index is 12.6. The molecule has 0 aromatic carbocycles. The zero-order chi connectivity index (χ0) is 16.3. The van der Waals surface area contributed by atoms with Crippen molar-refractivity contribution < 1.29 is 14.9 Å². The van der Waals surface area contributed by atoms with E-state index >= 15 is 0 Å². The van der Waals surface area contributed by atoms with Gasteiger partial charge in [0.25, 0.3) is 5.56 Å². The van der Waals surface area contributed by atoms with Crippen molar-refractivity contribution in [2.24, 2.45) is 7.05 Å². The second-order valence-corrected chi connectivity index (χ2v) is 5.86. The Morgan fingerprint density at radius 2 is 2.26 bits per heavy atom. The van der Waals surface area contributed by atoms with Crippen molar-refractivity contribution in [1.29, 1.82) is 0 Å². The first kappa shape index (κ1) is 14.4. The molecule has 0 unspecified atom stereocenters. The fraction of sp³-hybridized carbons (Fsp3) is 0.500. The Morgan fingerprint density at radius 1 is 1.48 bits per heavy atom. The Kier molecular flexibility index (Phi) is 3.05. The Hall–Kier alpha value is -2.23. The van der Waals surface area contributed by atoms with Crippen LogP contribution >= 0.6 is 0 Å². The molecule has 9 heteroatoms. The molecule has 1 fully saturated rings. The van der Waals surface area contributed by atoms with Crippen LogP contribution in [0.25, 0.3) is 16.9 Å². The maximum Gasteiger partial charge on any atom is 0.287 e. The lowest BCUT2D eigenvalue weighted by molar-refractivity contribution is -0.0432. The van der Waals surface area contributed by atoms with Crippen LogP contribution in [0.4, 0.5) is 0 Å². The second-order valence-electron chi connectivity index (χ2n) is 5.86. The minimum absolute atomic E-state index is 0.246. The molecule has 122 valence electrons. The van der Waals surface area contributed by atoms with Gasteiger partial charge in [0.15, 0.2) is 11.2 Å². The fourth-order valence-electron chi connectivity index (χ4n) is 3.01. The third-order valence-corrected chi connectivity index (χ3v) is 4.45. The number of hydrogen-bond donors (Lipinski definition) is 2. The number of aromatic nitrogens is 5. The minimum atomic E-state index is -0.760. The lowest BCUT2D eigenvalue weighted by atomic mass is 10.2. The van der Waals surface area contributed by atoms with E-state index in [4.69, 9.17) is 4.74 Å². The number of rotatable bonds is 2. The summed E-state index contributed by atoms with van der Waals surface area (Å²) in [6, 6.07) is 0. The molecular weight excluding hydrogens is 302 g/mol. The van der Waals surface area contributed by atoms with E-state index in [1.807, 2.05) is 18.5 Å². The van der Waals surface area contributed by atoms with Crippen LogP contribution in [-0.2, 0) is 11.8 Å². The molecular formula is C14H17N5O4. The van der Waals surface area contributed by atoms with E-state index in [0.717, 1.165) is 5.69 Å². The fourth-order valence-corrected chi connectivity index (χ4v) is 3.01. The Balaban J connectivity index is 1.91. The van der Waals surface area contributed by atoms with Crippen LogP contribution in [-0.4, -0.2) is 52.5 Å². The van der Waals surface area contributed by atoms with Gasteiger partial charge in [0.2, 0.25) is 5.78 Å². The average molecular weight is 319 g/mol. The van der Waals surface area contributed by atoms with Crippen LogP contribution in [0.1, 0.15) is 18.3 Å². The van der Waals surface area contributed by atoms with Crippen molar-refractivity contribution in [1.82, 2.24) is 23.5 Å². The quantitative estimate of drug-likeness (QED) is 0.649. The molecule has 2 N–H and O–H groups in total. The van der Waals surface area contributed by atoms with E-state index in [2.05, 4.69) is 9.97 Å². The van der Waals surface area contributed by atoms with E-state index in [1.54, 1.807) is 10.8 Å². The van der Waals surface area contributed by atoms with Crippen molar-refractivity contribution in [2.45, 2.75) is 31.8 Å². The molecule has 1 aliphatic heterocycles. The summed E-state index contributed by atoms with van der Waals surface area (Å²) in [5.41, 5.74) is 1.32. The lowest BCUT2D eigenvalue weighted by Gasteiger charge is -2.13. The number of aliphatic hydroxyl groups excluding tert-OH is 2. The molecule has 1 aliphatic rings. The van der Waals surface area contributed by atoms with Crippen LogP contribution < -0.4 is 5.56 Å². The topological polar surface area (TPSA) is 107 Å². The highest BCUT2D eigenvalue weighted by Gasteiger charge is 2.35. The monoisotopic (exact) mass is 319 g/mol. The summed E-state index contributed by atoms with van der Waals surface area (Å²) < 4.78 is 10.6. The Bertz CT molecular complexity index is 956. The highest BCUT2D eigenvalue weighted by molar-refractivity contribution is 5.72. The molecule has 4 heterocycles. The molecule has 0 spiro atoms. The molecule has 3 aromatic heterocycles.